The predicted molar refractivity (Wildman–Crippen MR) is 121 cm³/mol. The van der Waals surface area contributed by atoms with Crippen molar-refractivity contribution in [1.29, 1.82) is 0 Å². The summed E-state index contributed by atoms with van der Waals surface area (Å²) in [6, 6.07) is 3.95. The molecule has 0 bridgehead atoms. The van der Waals surface area contributed by atoms with Crippen molar-refractivity contribution < 1.29 is 9.18 Å². The Bertz CT molecular complexity index is 1040. The van der Waals surface area contributed by atoms with Gasteiger partial charge in [0.2, 0.25) is 5.91 Å². The molecule has 1 aliphatic rings. The SMILES string of the molecule is CNC(C(=O)Nc1ccc(F)c(-c2nnc3n2CCCCC3)c1)c1cnn(C)c1.Cl.Cl. The Balaban J connectivity index is 0.00000171. The quantitative estimate of drug-likeness (QED) is 0.598. The molecule has 4 rings (SSSR count). The smallest absolute Gasteiger partial charge is 0.246 e. The Hall–Kier alpha value is -2.49. The standard InChI is InChI=1S/C20H24FN7O.2ClH/c1-22-18(13-11-23-27(2)12-13)20(29)24-14-7-8-16(21)15(10-14)19-26-25-17-6-4-3-5-9-28(17)19;;/h7-8,10-12,18,22H,3-6,9H2,1-2H3,(H,24,29);2*1H. The Morgan fingerprint density at radius 2 is 2.00 bits per heavy atom. The fraction of sp³-hybridized carbons (Fsp3) is 0.400. The summed E-state index contributed by atoms with van der Waals surface area (Å²) in [6.07, 6.45) is 7.48. The number of halogens is 3. The van der Waals surface area contributed by atoms with E-state index >= 15 is 0 Å². The Morgan fingerprint density at radius 1 is 1.19 bits per heavy atom. The third kappa shape index (κ3) is 5.23. The summed E-state index contributed by atoms with van der Waals surface area (Å²) in [5.41, 5.74) is 1.59. The third-order valence-corrected chi connectivity index (χ3v) is 5.19. The van der Waals surface area contributed by atoms with E-state index in [0.29, 0.717) is 17.1 Å². The molecule has 3 heterocycles. The lowest BCUT2D eigenvalue weighted by atomic mass is 10.1. The number of nitrogens with one attached hydrogen (secondary N) is 2. The van der Waals surface area contributed by atoms with Gasteiger partial charge in [0, 0.05) is 37.5 Å². The van der Waals surface area contributed by atoms with Crippen LogP contribution in [0.2, 0.25) is 0 Å². The first-order chi connectivity index (χ1) is 14.1. The maximum Gasteiger partial charge on any atom is 0.246 e. The van der Waals surface area contributed by atoms with Crippen molar-refractivity contribution in [3.63, 3.8) is 0 Å². The van der Waals surface area contributed by atoms with E-state index in [9.17, 15) is 9.18 Å². The van der Waals surface area contributed by atoms with Crippen LogP contribution >= 0.6 is 24.8 Å². The van der Waals surface area contributed by atoms with Gasteiger partial charge in [0.05, 0.1) is 11.8 Å². The molecule has 11 heteroatoms. The lowest BCUT2D eigenvalue weighted by molar-refractivity contribution is -0.118. The molecule has 0 spiro atoms. The van der Waals surface area contributed by atoms with Crippen molar-refractivity contribution in [2.24, 2.45) is 7.05 Å². The topological polar surface area (TPSA) is 89.7 Å². The highest BCUT2D eigenvalue weighted by Gasteiger charge is 2.22. The van der Waals surface area contributed by atoms with E-state index in [1.54, 1.807) is 43.3 Å². The number of amides is 1. The van der Waals surface area contributed by atoms with E-state index < -0.39 is 6.04 Å². The van der Waals surface area contributed by atoms with Gasteiger partial charge in [0.1, 0.15) is 17.7 Å². The number of nitrogens with zero attached hydrogens (tertiary/aromatic N) is 5. The summed E-state index contributed by atoms with van der Waals surface area (Å²) >= 11 is 0. The molecule has 3 aromatic rings. The molecule has 31 heavy (non-hydrogen) atoms. The molecule has 2 aromatic heterocycles. The minimum absolute atomic E-state index is 0. The number of likely N-dealkylation sites (N-methyl/N-ethyl adjacent to an activating group) is 1. The first-order valence-corrected chi connectivity index (χ1v) is 9.75. The molecule has 1 unspecified atom stereocenters. The second kappa shape index (κ2) is 10.7. The minimum atomic E-state index is -0.568. The van der Waals surface area contributed by atoms with Crippen LogP contribution in [0.1, 0.15) is 36.7 Å². The van der Waals surface area contributed by atoms with E-state index in [1.165, 1.54) is 6.07 Å². The van der Waals surface area contributed by atoms with Crippen LogP contribution in [0, 0.1) is 5.82 Å². The monoisotopic (exact) mass is 469 g/mol. The molecule has 1 aromatic carbocycles. The van der Waals surface area contributed by atoms with Gasteiger partial charge in [-0.2, -0.15) is 5.10 Å². The number of carbonyl (C=O) groups excluding carboxylic acids is 1. The average Bonchev–Trinajstić information content (AvgIpc) is 3.23. The number of aromatic nitrogens is 5. The zero-order valence-corrected chi connectivity index (χ0v) is 19.0. The van der Waals surface area contributed by atoms with Gasteiger partial charge >= 0.3 is 0 Å². The molecule has 168 valence electrons. The highest BCUT2D eigenvalue weighted by molar-refractivity contribution is 5.96. The van der Waals surface area contributed by atoms with Crippen molar-refractivity contribution in [3.05, 3.63) is 47.8 Å². The maximum absolute atomic E-state index is 14.6. The van der Waals surface area contributed by atoms with Crippen LogP contribution in [-0.2, 0) is 24.8 Å². The fourth-order valence-corrected chi connectivity index (χ4v) is 3.71. The van der Waals surface area contributed by atoms with Crippen LogP contribution in [0.4, 0.5) is 10.1 Å². The second-order valence-electron chi connectivity index (χ2n) is 7.26. The van der Waals surface area contributed by atoms with E-state index in [-0.39, 0.29) is 36.5 Å². The van der Waals surface area contributed by atoms with Crippen molar-refractivity contribution in [1.82, 2.24) is 29.9 Å². The van der Waals surface area contributed by atoms with E-state index in [4.69, 9.17) is 0 Å². The molecule has 1 amide bonds. The van der Waals surface area contributed by atoms with Crippen molar-refractivity contribution >= 4 is 36.4 Å². The van der Waals surface area contributed by atoms with E-state index in [1.807, 2.05) is 4.57 Å². The fourth-order valence-electron chi connectivity index (χ4n) is 3.71. The Morgan fingerprint density at radius 3 is 2.71 bits per heavy atom. The molecular weight excluding hydrogens is 444 g/mol. The first-order valence-electron chi connectivity index (χ1n) is 9.75. The Labute approximate surface area is 192 Å². The van der Waals surface area contributed by atoms with E-state index in [0.717, 1.165) is 43.6 Å². The lowest BCUT2D eigenvalue weighted by Gasteiger charge is -2.15. The minimum Gasteiger partial charge on any atom is -0.324 e. The van der Waals surface area contributed by atoms with Crippen molar-refractivity contribution in [2.45, 2.75) is 38.3 Å². The maximum atomic E-state index is 14.6. The predicted octanol–water partition coefficient (Wildman–Crippen LogP) is 3.29. The van der Waals surface area contributed by atoms with Crippen LogP contribution < -0.4 is 10.6 Å². The zero-order chi connectivity index (χ0) is 20.4. The zero-order valence-electron chi connectivity index (χ0n) is 17.3. The molecule has 0 aliphatic carbocycles. The highest BCUT2D eigenvalue weighted by Crippen LogP contribution is 2.28. The Kier molecular flexibility index (Phi) is 8.55. The number of fused-ring (bicyclic) bond motifs is 1. The molecule has 1 aliphatic heterocycles. The number of carbonyl (C=O) groups is 1. The molecule has 0 saturated carbocycles. The largest absolute Gasteiger partial charge is 0.324 e. The summed E-state index contributed by atoms with van der Waals surface area (Å²) in [5.74, 6) is 0.754. The summed E-state index contributed by atoms with van der Waals surface area (Å²) in [6.45, 7) is 0.774. The lowest BCUT2D eigenvalue weighted by Crippen LogP contribution is -2.30. The molecule has 1 atom stereocenters. The summed E-state index contributed by atoms with van der Waals surface area (Å²) in [7, 11) is 3.50. The van der Waals surface area contributed by atoms with Crippen LogP contribution in [0.5, 0.6) is 0 Å². The summed E-state index contributed by atoms with van der Waals surface area (Å²) in [4.78, 5) is 12.8. The second-order valence-corrected chi connectivity index (χ2v) is 7.26. The van der Waals surface area contributed by atoms with E-state index in [2.05, 4.69) is 25.9 Å². The van der Waals surface area contributed by atoms with Gasteiger partial charge in [-0.3, -0.25) is 9.48 Å². The van der Waals surface area contributed by atoms with Gasteiger partial charge < -0.3 is 15.2 Å². The summed E-state index contributed by atoms with van der Waals surface area (Å²) < 4.78 is 18.2. The van der Waals surface area contributed by atoms with Gasteiger partial charge in [-0.1, -0.05) is 6.42 Å². The van der Waals surface area contributed by atoms with Crippen LogP contribution in [0.15, 0.2) is 30.6 Å². The number of anilines is 1. The van der Waals surface area contributed by atoms with Gasteiger partial charge in [-0.05, 0) is 38.1 Å². The number of hydrogen-bond acceptors (Lipinski definition) is 5. The molecule has 8 nitrogen and oxygen atoms in total. The van der Waals surface area contributed by atoms with Gasteiger partial charge in [0.25, 0.3) is 0 Å². The molecule has 0 radical (unpaired) electrons. The third-order valence-electron chi connectivity index (χ3n) is 5.19. The number of aryl methyl sites for hydroxylation is 2. The number of hydrogen-bond donors (Lipinski definition) is 2. The van der Waals surface area contributed by atoms with Crippen molar-refractivity contribution in [3.8, 4) is 11.4 Å². The van der Waals surface area contributed by atoms with Crippen LogP contribution in [0.25, 0.3) is 11.4 Å². The van der Waals surface area contributed by atoms with Crippen LogP contribution in [0.3, 0.4) is 0 Å². The summed E-state index contributed by atoms with van der Waals surface area (Å²) in [5, 5.41) is 18.4. The van der Waals surface area contributed by atoms with Gasteiger partial charge in [-0.15, -0.1) is 35.0 Å². The molecule has 0 fully saturated rings. The van der Waals surface area contributed by atoms with Crippen molar-refractivity contribution in [2.75, 3.05) is 12.4 Å². The average molecular weight is 470 g/mol. The molecule has 0 saturated heterocycles. The van der Waals surface area contributed by atoms with Gasteiger partial charge in [0.15, 0.2) is 5.82 Å². The highest BCUT2D eigenvalue weighted by atomic mass is 35.5. The normalized spacial score (nSPS) is 13.9. The number of benzene rings is 1. The first kappa shape index (κ1) is 24.8. The molecular formula is C20H26Cl2FN7O. The number of rotatable bonds is 5. The molecule has 2 N–H and O–H groups in total. The van der Waals surface area contributed by atoms with Gasteiger partial charge in [-0.25, -0.2) is 4.39 Å². The van der Waals surface area contributed by atoms with Crippen LogP contribution in [-0.4, -0.2) is 37.5 Å².